The Morgan fingerprint density at radius 3 is 2.53 bits per heavy atom. The predicted octanol–water partition coefficient (Wildman–Crippen LogP) is 2.40. The van der Waals surface area contributed by atoms with Crippen LogP contribution in [0.25, 0.3) is 0 Å². The van der Waals surface area contributed by atoms with E-state index in [0.717, 1.165) is 24.8 Å². The van der Waals surface area contributed by atoms with Crippen LogP contribution in [-0.4, -0.2) is 25.7 Å². The normalized spacial score (nSPS) is 18.5. The average molecular weight is 265 g/mol. The average Bonchev–Trinajstić information content (AvgIpc) is 2.30. The summed E-state index contributed by atoms with van der Waals surface area (Å²) < 4.78 is 18.0. The number of carbonyl (C=O) groups is 1. The van der Waals surface area contributed by atoms with Gasteiger partial charge in [0.2, 0.25) is 5.91 Å². The van der Waals surface area contributed by atoms with Crippen LogP contribution >= 0.6 is 0 Å². The molecule has 1 atom stereocenters. The fraction of sp³-hybridized carbons (Fsp3) is 0.533. The summed E-state index contributed by atoms with van der Waals surface area (Å²) in [7, 11) is 1.61. The maximum atomic E-state index is 13.0. The van der Waals surface area contributed by atoms with Crippen molar-refractivity contribution in [1.29, 1.82) is 0 Å². The van der Waals surface area contributed by atoms with Crippen molar-refractivity contribution < 1.29 is 13.9 Å². The first-order valence-electron chi connectivity index (χ1n) is 6.64. The summed E-state index contributed by atoms with van der Waals surface area (Å²) in [6, 6.07) is 6.25. The molecular weight excluding hydrogens is 245 g/mol. The molecule has 3 nitrogen and oxygen atoms in total. The highest BCUT2D eigenvalue weighted by atomic mass is 19.1. The Morgan fingerprint density at radius 1 is 1.42 bits per heavy atom. The molecule has 1 amide bonds. The Labute approximate surface area is 113 Å². The van der Waals surface area contributed by atoms with E-state index in [-0.39, 0.29) is 17.8 Å². The van der Waals surface area contributed by atoms with Gasteiger partial charge in [0.15, 0.2) is 0 Å². The summed E-state index contributed by atoms with van der Waals surface area (Å²) >= 11 is 0. The summed E-state index contributed by atoms with van der Waals surface area (Å²) in [5.74, 6) is -0.249. The van der Waals surface area contributed by atoms with Crippen LogP contribution in [0.5, 0.6) is 0 Å². The Kier molecular flexibility index (Phi) is 4.20. The van der Waals surface area contributed by atoms with Gasteiger partial charge < -0.3 is 10.1 Å². The second-order valence-corrected chi connectivity index (χ2v) is 5.27. The first-order valence-corrected chi connectivity index (χ1v) is 6.64. The van der Waals surface area contributed by atoms with E-state index >= 15 is 0 Å². The Balaban J connectivity index is 2.13. The largest absolute Gasteiger partial charge is 0.383 e. The van der Waals surface area contributed by atoms with Crippen molar-refractivity contribution in [1.82, 2.24) is 5.32 Å². The number of hydrogen-bond acceptors (Lipinski definition) is 2. The molecule has 0 spiro atoms. The number of carbonyl (C=O) groups excluding carboxylic acids is 1. The number of hydrogen-bond donors (Lipinski definition) is 1. The summed E-state index contributed by atoms with van der Waals surface area (Å²) in [6.45, 7) is 2.41. The van der Waals surface area contributed by atoms with Gasteiger partial charge in [-0.15, -0.1) is 0 Å². The van der Waals surface area contributed by atoms with Gasteiger partial charge in [-0.3, -0.25) is 4.79 Å². The second kappa shape index (κ2) is 5.70. The molecule has 0 bridgehead atoms. The lowest BCUT2D eigenvalue weighted by atomic mass is 9.63. The highest BCUT2D eigenvalue weighted by molar-refractivity contribution is 5.89. The number of benzene rings is 1. The van der Waals surface area contributed by atoms with Gasteiger partial charge in [-0.2, -0.15) is 0 Å². The van der Waals surface area contributed by atoms with Crippen molar-refractivity contribution in [2.45, 2.75) is 37.6 Å². The van der Waals surface area contributed by atoms with Crippen LogP contribution in [0.1, 0.15) is 31.7 Å². The van der Waals surface area contributed by atoms with Crippen LogP contribution in [0.15, 0.2) is 24.3 Å². The molecular formula is C15H20FNO2. The van der Waals surface area contributed by atoms with Crippen LogP contribution in [0.2, 0.25) is 0 Å². The summed E-state index contributed by atoms with van der Waals surface area (Å²) in [4.78, 5) is 12.5. The minimum atomic E-state index is -0.476. The van der Waals surface area contributed by atoms with Crippen LogP contribution in [0.3, 0.4) is 0 Å². The zero-order valence-corrected chi connectivity index (χ0v) is 11.4. The van der Waals surface area contributed by atoms with Gasteiger partial charge >= 0.3 is 0 Å². The first kappa shape index (κ1) is 14.0. The van der Waals surface area contributed by atoms with Gasteiger partial charge in [0.1, 0.15) is 5.82 Å². The standard InChI is InChI=1S/C15H20FNO2/c1-11(10-19-2)17-14(18)15(8-3-9-15)12-4-6-13(16)7-5-12/h4-7,11H,3,8-10H2,1-2H3,(H,17,18). The van der Waals surface area contributed by atoms with E-state index in [4.69, 9.17) is 4.74 Å². The van der Waals surface area contributed by atoms with Crippen molar-refractivity contribution in [3.05, 3.63) is 35.6 Å². The third-order valence-electron chi connectivity index (χ3n) is 3.83. The fourth-order valence-corrected chi connectivity index (χ4v) is 2.60. The Bertz CT molecular complexity index is 440. The van der Waals surface area contributed by atoms with Crippen LogP contribution < -0.4 is 5.32 Å². The number of rotatable bonds is 5. The maximum Gasteiger partial charge on any atom is 0.230 e. The third-order valence-corrected chi connectivity index (χ3v) is 3.83. The minimum absolute atomic E-state index is 0.0181. The van der Waals surface area contributed by atoms with Crippen LogP contribution in [0.4, 0.5) is 4.39 Å². The molecule has 0 aliphatic heterocycles. The predicted molar refractivity (Wildman–Crippen MR) is 71.4 cm³/mol. The maximum absolute atomic E-state index is 13.0. The minimum Gasteiger partial charge on any atom is -0.383 e. The van der Waals surface area contributed by atoms with E-state index in [1.165, 1.54) is 12.1 Å². The lowest BCUT2D eigenvalue weighted by Gasteiger charge is -2.41. The molecule has 0 aromatic heterocycles. The highest BCUT2D eigenvalue weighted by Gasteiger charge is 2.45. The number of amides is 1. The Hall–Kier alpha value is -1.42. The topological polar surface area (TPSA) is 38.3 Å². The Morgan fingerprint density at radius 2 is 2.05 bits per heavy atom. The van der Waals surface area contributed by atoms with Crippen LogP contribution in [-0.2, 0) is 14.9 Å². The fourth-order valence-electron chi connectivity index (χ4n) is 2.60. The number of methoxy groups -OCH3 is 1. The lowest BCUT2D eigenvalue weighted by Crippen LogP contribution is -2.52. The van der Waals surface area contributed by atoms with Gasteiger partial charge in [-0.25, -0.2) is 4.39 Å². The van der Waals surface area contributed by atoms with Crippen molar-refractivity contribution in [2.75, 3.05) is 13.7 Å². The van der Waals surface area contributed by atoms with E-state index in [9.17, 15) is 9.18 Å². The molecule has 1 aliphatic rings. The zero-order chi connectivity index (χ0) is 13.9. The highest BCUT2D eigenvalue weighted by Crippen LogP contribution is 2.44. The van der Waals surface area contributed by atoms with Gasteiger partial charge in [-0.05, 0) is 37.5 Å². The van der Waals surface area contributed by atoms with Gasteiger partial charge in [0.05, 0.1) is 12.0 Å². The monoisotopic (exact) mass is 265 g/mol. The summed E-state index contributed by atoms with van der Waals surface area (Å²) in [5, 5.41) is 2.98. The van der Waals surface area contributed by atoms with Gasteiger partial charge in [0, 0.05) is 13.2 Å². The molecule has 2 rings (SSSR count). The molecule has 0 saturated heterocycles. The van der Waals surface area contributed by atoms with Gasteiger partial charge in [0.25, 0.3) is 0 Å². The van der Waals surface area contributed by atoms with Crippen molar-refractivity contribution in [3.63, 3.8) is 0 Å². The molecule has 1 aromatic carbocycles. The molecule has 1 aromatic rings. The smallest absolute Gasteiger partial charge is 0.230 e. The molecule has 0 radical (unpaired) electrons. The SMILES string of the molecule is COCC(C)NC(=O)C1(c2ccc(F)cc2)CCC1. The van der Waals surface area contributed by atoms with E-state index in [1.54, 1.807) is 19.2 Å². The van der Waals surface area contributed by atoms with Crippen molar-refractivity contribution in [3.8, 4) is 0 Å². The van der Waals surface area contributed by atoms with Crippen molar-refractivity contribution in [2.24, 2.45) is 0 Å². The molecule has 1 aliphatic carbocycles. The summed E-state index contributed by atoms with van der Waals surface area (Å²) in [6.07, 6.45) is 2.68. The van der Waals surface area contributed by atoms with E-state index in [1.807, 2.05) is 6.92 Å². The van der Waals surface area contributed by atoms with E-state index < -0.39 is 5.41 Å². The number of ether oxygens (including phenoxy) is 1. The molecule has 104 valence electrons. The second-order valence-electron chi connectivity index (χ2n) is 5.27. The zero-order valence-electron chi connectivity index (χ0n) is 11.4. The third kappa shape index (κ3) is 2.78. The molecule has 1 N–H and O–H groups in total. The number of halogens is 1. The molecule has 19 heavy (non-hydrogen) atoms. The van der Waals surface area contributed by atoms with Crippen LogP contribution in [0, 0.1) is 5.82 Å². The first-order chi connectivity index (χ1) is 9.08. The molecule has 1 saturated carbocycles. The lowest BCUT2D eigenvalue weighted by molar-refractivity contribution is -0.130. The quantitative estimate of drug-likeness (QED) is 0.887. The number of nitrogens with one attached hydrogen (secondary N) is 1. The summed E-state index contributed by atoms with van der Waals surface area (Å²) in [5.41, 5.74) is 0.428. The molecule has 4 heteroatoms. The van der Waals surface area contributed by atoms with Gasteiger partial charge in [-0.1, -0.05) is 18.6 Å². The van der Waals surface area contributed by atoms with E-state index in [0.29, 0.717) is 6.61 Å². The van der Waals surface area contributed by atoms with Crippen molar-refractivity contribution >= 4 is 5.91 Å². The molecule has 1 fully saturated rings. The van der Waals surface area contributed by atoms with E-state index in [2.05, 4.69) is 5.32 Å². The molecule has 0 heterocycles. The molecule has 1 unspecified atom stereocenters.